The number of nitrogen functional groups attached to an aromatic ring is 1. The Kier molecular flexibility index (Phi) is 16.1. The normalized spacial score (nSPS) is 21.5. The molecular weight excluding hydrogens is 1040 g/mol. The highest BCUT2D eigenvalue weighted by Crippen LogP contribution is 2.54. The Morgan fingerprint density at radius 2 is 1.81 bits per heavy atom. The molecule has 2 amide bonds. The zero-order chi connectivity index (χ0) is 56.5. The number of anilines is 2. The lowest BCUT2D eigenvalue weighted by atomic mass is 9.87. The number of benzene rings is 2. The summed E-state index contributed by atoms with van der Waals surface area (Å²) in [5, 5.41) is 24.8. The average Bonchev–Trinajstić information content (AvgIpc) is 3.48. The number of fused-ring (bicyclic) bond motifs is 2. The Morgan fingerprint density at radius 1 is 1.04 bits per heavy atom. The molecule has 81 heavy (non-hydrogen) atoms. The van der Waals surface area contributed by atoms with Crippen molar-refractivity contribution in [2.24, 2.45) is 5.92 Å². The monoisotopic (exact) mass is 1110 g/mol. The van der Waals surface area contributed by atoms with Crippen LogP contribution in [0.4, 0.5) is 24.8 Å². The SMILES string of the molecule is Cc1cc(N)nc(-c2c(C3CC3)cc3c(N4CC5NCC54)nc(OC4CCOCC4)nc3c2OCC2=CCC(c3cn(C(C(=O)N4CCCC4C)C(C)C)nn3)C=C2)c1C(F)(F)F.O=CNC(CO)c1ccc(-c2cncnc2)cc1. The molecule has 0 bridgehead atoms. The van der Waals surface area contributed by atoms with Gasteiger partial charge in [-0.05, 0) is 97.7 Å². The molecule has 5 fully saturated rings. The number of halogens is 3. The van der Waals surface area contributed by atoms with Crippen LogP contribution in [0.5, 0.6) is 11.8 Å². The van der Waals surface area contributed by atoms with Gasteiger partial charge >= 0.3 is 12.2 Å². The number of piperazine rings is 1. The van der Waals surface area contributed by atoms with Crippen LogP contribution in [0.25, 0.3) is 33.3 Å². The number of carbonyl (C=O) groups excluding carboxylic acids is 2. The molecule has 6 aromatic rings. The molecule has 22 heteroatoms. The van der Waals surface area contributed by atoms with Crippen LogP contribution >= 0.6 is 0 Å². The third kappa shape index (κ3) is 11.7. The van der Waals surface area contributed by atoms with E-state index in [1.165, 1.54) is 19.3 Å². The van der Waals surface area contributed by atoms with Crippen LogP contribution in [0.15, 0.2) is 85.1 Å². The van der Waals surface area contributed by atoms with Gasteiger partial charge in [0.25, 0.3) is 0 Å². The number of nitrogens with zero attached hydrogens (tertiary/aromatic N) is 10. The number of allylic oxidation sites excluding steroid dienone is 2. The Balaban J connectivity index is 0.000000326. The first-order valence-corrected chi connectivity index (χ1v) is 28.0. The number of likely N-dealkylation sites (tertiary alicyclic amines) is 1. The minimum atomic E-state index is -4.73. The van der Waals surface area contributed by atoms with Crippen molar-refractivity contribution >= 4 is 34.9 Å². The van der Waals surface area contributed by atoms with Crippen LogP contribution in [0.1, 0.15) is 118 Å². The number of aryl methyl sites for hydroxylation is 1. The number of carbonyl (C=O) groups is 2. The molecule has 1 saturated carbocycles. The molecule has 5 N–H and O–H groups in total. The van der Waals surface area contributed by atoms with Gasteiger partial charge in [0.05, 0.1) is 48.9 Å². The van der Waals surface area contributed by atoms with E-state index in [4.69, 9.17) is 35.0 Å². The lowest BCUT2D eigenvalue weighted by molar-refractivity contribution is -0.138. The lowest BCUT2D eigenvalue weighted by Gasteiger charge is -2.56. The van der Waals surface area contributed by atoms with Crippen LogP contribution in [0, 0.1) is 12.8 Å². The number of nitrogens with two attached hydrogens (primary N) is 1. The van der Waals surface area contributed by atoms with E-state index in [0.717, 1.165) is 73.3 Å². The number of hydrogen-bond acceptors (Lipinski definition) is 16. The van der Waals surface area contributed by atoms with Gasteiger partial charge in [-0.25, -0.2) is 19.6 Å². The number of hydrogen-bond donors (Lipinski definition) is 4. The molecule has 4 aliphatic heterocycles. The Hall–Kier alpha value is -7.56. The summed E-state index contributed by atoms with van der Waals surface area (Å²) in [5.74, 6) is 0.840. The number of alkyl halides is 3. The molecule has 0 radical (unpaired) electrons. The van der Waals surface area contributed by atoms with Crippen molar-refractivity contribution in [3.8, 4) is 34.1 Å². The van der Waals surface area contributed by atoms with Crippen molar-refractivity contribution in [1.29, 1.82) is 0 Å². The van der Waals surface area contributed by atoms with Gasteiger partial charge in [-0.1, -0.05) is 61.6 Å². The van der Waals surface area contributed by atoms with Gasteiger partial charge in [0, 0.05) is 85.6 Å². The molecule has 6 unspecified atom stereocenters. The van der Waals surface area contributed by atoms with Gasteiger partial charge in [0.2, 0.25) is 12.3 Å². The average molecular weight is 1110 g/mol. The minimum Gasteiger partial charge on any atom is -0.486 e. The smallest absolute Gasteiger partial charge is 0.418 e. The number of rotatable bonds is 17. The fourth-order valence-electron chi connectivity index (χ4n) is 11.7. The molecule has 426 valence electrons. The van der Waals surface area contributed by atoms with Gasteiger partial charge in [-0.2, -0.15) is 23.1 Å². The van der Waals surface area contributed by atoms with Gasteiger partial charge in [-0.3, -0.25) is 9.59 Å². The summed E-state index contributed by atoms with van der Waals surface area (Å²) in [4.78, 5) is 50.7. The quantitative estimate of drug-likeness (QED) is 0.0634. The molecule has 12 rings (SSSR count). The lowest BCUT2D eigenvalue weighted by Crippen LogP contribution is -2.78. The number of pyridine rings is 1. The van der Waals surface area contributed by atoms with E-state index in [0.29, 0.717) is 67.2 Å². The van der Waals surface area contributed by atoms with Gasteiger partial charge in [0.1, 0.15) is 42.2 Å². The fourth-order valence-corrected chi connectivity index (χ4v) is 11.7. The second-order valence-corrected chi connectivity index (χ2v) is 22.3. The summed E-state index contributed by atoms with van der Waals surface area (Å²) in [7, 11) is 0. The van der Waals surface area contributed by atoms with Crippen LogP contribution in [-0.4, -0.2) is 133 Å². The zero-order valence-electron chi connectivity index (χ0n) is 45.9. The highest BCUT2D eigenvalue weighted by molar-refractivity contribution is 6.01. The number of aliphatic hydroxyl groups excluding tert-OH is 1. The van der Waals surface area contributed by atoms with Crippen molar-refractivity contribution in [2.45, 2.75) is 127 Å². The van der Waals surface area contributed by atoms with Crippen LogP contribution < -0.4 is 30.7 Å². The van der Waals surface area contributed by atoms with E-state index in [9.17, 15) is 9.59 Å². The van der Waals surface area contributed by atoms with Crippen LogP contribution in [0.3, 0.4) is 0 Å². The second kappa shape index (κ2) is 23.5. The van der Waals surface area contributed by atoms with Crippen molar-refractivity contribution in [3.05, 3.63) is 113 Å². The molecule has 2 aliphatic carbocycles. The summed E-state index contributed by atoms with van der Waals surface area (Å²) in [5.41, 5.74) is 10.8. The topological polar surface area (TPSA) is 234 Å². The van der Waals surface area contributed by atoms with E-state index in [1.807, 2.05) is 67.4 Å². The van der Waals surface area contributed by atoms with E-state index < -0.39 is 17.8 Å². The number of aromatic nitrogens is 8. The maximum atomic E-state index is 15.2. The van der Waals surface area contributed by atoms with Gasteiger partial charge < -0.3 is 45.5 Å². The van der Waals surface area contributed by atoms with E-state index >= 15 is 13.2 Å². The first kappa shape index (κ1) is 55.4. The number of aliphatic hydroxyl groups is 1. The second-order valence-electron chi connectivity index (χ2n) is 22.3. The molecule has 2 aromatic carbocycles. The van der Waals surface area contributed by atoms with Crippen molar-refractivity contribution < 1.29 is 42.1 Å². The Morgan fingerprint density at radius 3 is 2.43 bits per heavy atom. The molecular formula is C59H68F3N13O6. The van der Waals surface area contributed by atoms with Crippen LogP contribution in [0.2, 0.25) is 0 Å². The first-order valence-electron chi connectivity index (χ1n) is 28.0. The summed E-state index contributed by atoms with van der Waals surface area (Å²) < 4.78 is 66.1. The third-order valence-corrected chi connectivity index (χ3v) is 16.4. The molecule has 6 atom stereocenters. The number of ether oxygens (including phenoxy) is 3. The van der Waals surface area contributed by atoms with Crippen LogP contribution in [-0.2, 0) is 20.5 Å². The molecule has 4 aromatic heterocycles. The standard InChI is InChI=1S/C46H55F3N10O4.C13H13N3O2/c1-24(2)41(44(60)57-15-5-6-26(57)4)59-22-33(55-56-59)29-9-7-27(8-10-29)23-62-42-37(40-38(46(47,48)49)25(3)18-36(50)52-40)31(28-11-12-28)19-32-39(42)53-45(63-30-13-16-61-17-14-30)54-43(32)58-21-34-35(58)20-51-34;17-7-13(16-9-18)11-3-1-10(2-4-11)12-5-14-8-15-6-12/h7-9,18-19,22,24,26,28-30,34-35,41,51H,5-6,10-17,20-21,23H2,1-4H3,(H2,50,52);1-6,8-9,13,17H,7H2,(H,16,18). The highest BCUT2D eigenvalue weighted by Gasteiger charge is 2.48. The summed E-state index contributed by atoms with van der Waals surface area (Å²) in [6, 6.07) is 10.9. The molecule has 8 heterocycles. The highest BCUT2D eigenvalue weighted by atomic mass is 19.4. The van der Waals surface area contributed by atoms with Gasteiger partial charge in [-0.15, -0.1) is 5.10 Å². The van der Waals surface area contributed by atoms with Crippen molar-refractivity contribution in [1.82, 2.24) is 55.4 Å². The molecule has 19 nitrogen and oxygen atoms in total. The predicted octanol–water partition coefficient (Wildman–Crippen LogP) is 7.97. The number of nitrogens with one attached hydrogen (secondary N) is 2. The first-order chi connectivity index (χ1) is 39.2. The zero-order valence-corrected chi connectivity index (χ0v) is 45.9. The molecule has 0 spiro atoms. The Labute approximate surface area is 467 Å². The maximum absolute atomic E-state index is 15.2. The Bertz CT molecular complexity index is 3310. The largest absolute Gasteiger partial charge is 0.486 e. The molecule has 6 aliphatic rings. The molecule has 4 saturated heterocycles. The minimum absolute atomic E-state index is 0.0100. The number of amides is 2. The fraction of sp³-hybridized carbons (Fsp3) is 0.475. The summed E-state index contributed by atoms with van der Waals surface area (Å²) in [6.07, 6.45) is 14.1. The van der Waals surface area contributed by atoms with Crippen molar-refractivity contribution in [3.63, 3.8) is 0 Å². The maximum Gasteiger partial charge on any atom is 0.418 e. The van der Waals surface area contributed by atoms with E-state index in [1.54, 1.807) is 17.1 Å². The summed E-state index contributed by atoms with van der Waals surface area (Å²) >= 11 is 0. The van der Waals surface area contributed by atoms with Gasteiger partial charge in [0.15, 0.2) is 5.75 Å². The van der Waals surface area contributed by atoms with E-state index in [2.05, 4.69) is 53.8 Å². The van der Waals surface area contributed by atoms with Crippen molar-refractivity contribution in [2.75, 3.05) is 56.7 Å². The predicted molar refractivity (Wildman–Crippen MR) is 297 cm³/mol. The summed E-state index contributed by atoms with van der Waals surface area (Å²) in [6.45, 7) is 10.9. The van der Waals surface area contributed by atoms with E-state index in [-0.39, 0.29) is 95.5 Å². The third-order valence-electron chi connectivity index (χ3n) is 16.4.